The van der Waals surface area contributed by atoms with E-state index < -0.39 is 11.9 Å². The van der Waals surface area contributed by atoms with Gasteiger partial charge in [0.2, 0.25) is 0 Å². The molecule has 0 amide bonds. The molecular formula is C16H15N3O4S. The van der Waals surface area contributed by atoms with Gasteiger partial charge in [-0.15, -0.1) is 22.0 Å². The van der Waals surface area contributed by atoms with Crippen molar-refractivity contribution in [2.24, 2.45) is 0 Å². The standard InChI is InChI=1S/C16H15N3O4S/c1-19-10-6-4-5-7-11(10)24-8-9-12(15(20)22-2)17-18-13(14(9)19)16(21)23-3/h4-7H,8H2,1-3H3. The fourth-order valence-electron chi connectivity index (χ4n) is 2.58. The second kappa shape index (κ2) is 6.48. The van der Waals surface area contributed by atoms with Crippen molar-refractivity contribution in [3.05, 3.63) is 41.2 Å². The van der Waals surface area contributed by atoms with Gasteiger partial charge >= 0.3 is 11.9 Å². The minimum atomic E-state index is -0.605. The Morgan fingerprint density at radius 3 is 2.42 bits per heavy atom. The molecule has 3 rings (SSSR count). The number of methoxy groups -OCH3 is 2. The predicted molar refractivity (Wildman–Crippen MR) is 88.8 cm³/mol. The average molecular weight is 345 g/mol. The molecule has 0 saturated heterocycles. The molecule has 0 saturated carbocycles. The van der Waals surface area contributed by atoms with Crippen molar-refractivity contribution >= 4 is 35.1 Å². The lowest BCUT2D eigenvalue weighted by Gasteiger charge is -2.23. The average Bonchev–Trinajstić information content (AvgIpc) is 2.77. The first-order valence-corrected chi connectivity index (χ1v) is 8.08. The fourth-order valence-corrected chi connectivity index (χ4v) is 3.68. The Kier molecular flexibility index (Phi) is 4.39. The van der Waals surface area contributed by atoms with E-state index in [4.69, 9.17) is 9.47 Å². The van der Waals surface area contributed by atoms with Crippen LogP contribution in [0.1, 0.15) is 26.5 Å². The molecule has 1 aliphatic rings. The maximum atomic E-state index is 12.1. The molecule has 0 aliphatic carbocycles. The van der Waals surface area contributed by atoms with Gasteiger partial charge in [0.15, 0.2) is 11.4 Å². The number of rotatable bonds is 2. The summed E-state index contributed by atoms with van der Waals surface area (Å²) in [7, 11) is 4.38. The number of hydrogen-bond acceptors (Lipinski definition) is 8. The van der Waals surface area contributed by atoms with Gasteiger partial charge in [-0.3, -0.25) is 0 Å². The Morgan fingerprint density at radius 1 is 1.08 bits per heavy atom. The lowest BCUT2D eigenvalue weighted by molar-refractivity contribution is 0.0573. The van der Waals surface area contributed by atoms with Crippen molar-refractivity contribution in [1.29, 1.82) is 0 Å². The largest absolute Gasteiger partial charge is 0.464 e. The van der Waals surface area contributed by atoms with Gasteiger partial charge in [-0.05, 0) is 12.1 Å². The number of esters is 2. The number of thioether (sulfide) groups is 1. The highest BCUT2D eigenvalue weighted by Gasteiger charge is 2.31. The summed E-state index contributed by atoms with van der Waals surface area (Å²) in [6.45, 7) is 0. The van der Waals surface area contributed by atoms with Crippen molar-refractivity contribution in [2.45, 2.75) is 10.6 Å². The molecule has 1 aromatic heterocycles. The number of nitrogens with zero attached hydrogens (tertiary/aromatic N) is 3. The van der Waals surface area contributed by atoms with Crippen molar-refractivity contribution in [3.8, 4) is 0 Å². The van der Waals surface area contributed by atoms with Crippen molar-refractivity contribution in [3.63, 3.8) is 0 Å². The van der Waals surface area contributed by atoms with Crippen LogP contribution >= 0.6 is 11.8 Å². The fraction of sp³-hybridized carbons (Fsp3) is 0.250. The van der Waals surface area contributed by atoms with Crippen LogP contribution in [0.5, 0.6) is 0 Å². The summed E-state index contributed by atoms with van der Waals surface area (Å²) in [5.41, 5.74) is 2.19. The first-order chi connectivity index (χ1) is 11.6. The van der Waals surface area contributed by atoms with E-state index in [1.807, 2.05) is 36.2 Å². The minimum absolute atomic E-state index is 0.0694. The van der Waals surface area contributed by atoms with Crippen LogP contribution in [-0.4, -0.2) is 43.4 Å². The Bertz CT molecular complexity index is 825. The second-order valence-electron chi connectivity index (χ2n) is 5.02. The number of carbonyl (C=O) groups excluding carboxylic acids is 2. The SMILES string of the molecule is COC(=O)c1nnc(C(=O)OC)c2c1CSc1ccccc1N2C. The number of hydrogen-bond donors (Lipinski definition) is 0. The van der Waals surface area contributed by atoms with Crippen molar-refractivity contribution in [1.82, 2.24) is 10.2 Å². The van der Waals surface area contributed by atoms with E-state index in [9.17, 15) is 9.59 Å². The third kappa shape index (κ3) is 2.58. The number of anilines is 2. The highest BCUT2D eigenvalue weighted by atomic mass is 32.2. The third-order valence-corrected chi connectivity index (χ3v) is 4.83. The maximum Gasteiger partial charge on any atom is 0.360 e. The summed E-state index contributed by atoms with van der Waals surface area (Å²) in [6, 6.07) is 7.78. The summed E-state index contributed by atoms with van der Waals surface area (Å²) in [6.07, 6.45) is 0. The Morgan fingerprint density at radius 2 is 1.71 bits per heavy atom. The van der Waals surface area contributed by atoms with Crippen LogP contribution in [0.25, 0.3) is 0 Å². The van der Waals surface area contributed by atoms with Crippen LogP contribution in [0, 0.1) is 0 Å². The number of para-hydroxylation sites is 1. The van der Waals surface area contributed by atoms with Crippen molar-refractivity contribution in [2.75, 3.05) is 26.2 Å². The highest BCUT2D eigenvalue weighted by molar-refractivity contribution is 7.98. The quantitative estimate of drug-likeness (QED) is 0.768. The van der Waals surface area contributed by atoms with Gasteiger partial charge in [-0.25, -0.2) is 9.59 Å². The van der Waals surface area contributed by atoms with E-state index >= 15 is 0 Å². The van der Waals surface area contributed by atoms with Gasteiger partial charge in [-0.2, -0.15) is 0 Å². The lowest BCUT2D eigenvalue weighted by Crippen LogP contribution is -2.22. The zero-order chi connectivity index (χ0) is 17.3. The molecule has 0 spiro atoms. The van der Waals surface area contributed by atoms with Crippen LogP contribution in [0.3, 0.4) is 0 Å². The van der Waals surface area contributed by atoms with E-state index in [-0.39, 0.29) is 11.4 Å². The van der Waals surface area contributed by atoms with E-state index in [0.717, 1.165) is 10.6 Å². The molecule has 0 atom stereocenters. The Balaban J connectivity index is 2.28. The molecule has 0 N–H and O–H groups in total. The summed E-state index contributed by atoms with van der Waals surface area (Å²) in [5.74, 6) is -0.734. The normalized spacial score (nSPS) is 12.7. The topological polar surface area (TPSA) is 81.6 Å². The van der Waals surface area contributed by atoms with Gasteiger partial charge in [0, 0.05) is 23.3 Å². The molecule has 1 aromatic carbocycles. The molecule has 0 fully saturated rings. The molecule has 1 aliphatic heterocycles. The van der Waals surface area contributed by atoms with Crippen molar-refractivity contribution < 1.29 is 19.1 Å². The molecule has 2 heterocycles. The predicted octanol–water partition coefficient (Wildman–Crippen LogP) is 2.42. The number of benzene rings is 1. The van der Waals surface area contributed by atoms with E-state index in [0.29, 0.717) is 17.0 Å². The van der Waals surface area contributed by atoms with E-state index in [1.54, 1.807) is 11.8 Å². The maximum absolute atomic E-state index is 12.1. The van der Waals surface area contributed by atoms with Crippen LogP contribution in [0.4, 0.5) is 11.4 Å². The minimum Gasteiger partial charge on any atom is -0.464 e. The zero-order valence-corrected chi connectivity index (χ0v) is 14.2. The van der Waals surface area contributed by atoms with Crippen LogP contribution in [0.15, 0.2) is 29.2 Å². The van der Waals surface area contributed by atoms with Crippen LogP contribution in [0.2, 0.25) is 0 Å². The van der Waals surface area contributed by atoms with Gasteiger partial charge in [-0.1, -0.05) is 12.1 Å². The summed E-state index contributed by atoms with van der Waals surface area (Å²) >= 11 is 1.56. The van der Waals surface area contributed by atoms with Gasteiger partial charge in [0.1, 0.15) is 0 Å². The van der Waals surface area contributed by atoms with Crippen LogP contribution < -0.4 is 4.90 Å². The Labute approximate surface area is 143 Å². The van der Waals surface area contributed by atoms with Gasteiger partial charge in [0.25, 0.3) is 0 Å². The highest BCUT2D eigenvalue weighted by Crippen LogP contribution is 2.43. The first kappa shape index (κ1) is 16.3. The summed E-state index contributed by atoms with van der Waals surface area (Å²) in [5, 5.41) is 7.83. The third-order valence-electron chi connectivity index (χ3n) is 3.74. The molecule has 0 unspecified atom stereocenters. The van der Waals surface area contributed by atoms with Crippen LogP contribution in [-0.2, 0) is 15.2 Å². The first-order valence-electron chi connectivity index (χ1n) is 7.10. The van der Waals surface area contributed by atoms with E-state index in [1.165, 1.54) is 14.2 Å². The van der Waals surface area contributed by atoms with Gasteiger partial charge in [0.05, 0.1) is 25.6 Å². The molecule has 0 bridgehead atoms. The second-order valence-corrected chi connectivity index (χ2v) is 6.04. The number of aromatic nitrogens is 2. The molecule has 7 nitrogen and oxygen atoms in total. The number of carbonyl (C=O) groups is 2. The zero-order valence-electron chi connectivity index (χ0n) is 13.4. The molecule has 2 aromatic rings. The molecule has 0 radical (unpaired) electrons. The Hall–Kier alpha value is -2.61. The number of ether oxygens (including phenoxy) is 2. The summed E-state index contributed by atoms with van der Waals surface area (Å²) < 4.78 is 9.61. The lowest BCUT2D eigenvalue weighted by atomic mass is 10.1. The molecule has 24 heavy (non-hydrogen) atoms. The molecular weight excluding hydrogens is 330 g/mol. The van der Waals surface area contributed by atoms with E-state index in [2.05, 4.69) is 10.2 Å². The van der Waals surface area contributed by atoms with Gasteiger partial charge < -0.3 is 14.4 Å². The molecule has 8 heteroatoms. The number of fused-ring (bicyclic) bond motifs is 2. The monoisotopic (exact) mass is 345 g/mol. The summed E-state index contributed by atoms with van der Waals surface area (Å²) in [4.78, 5) is 27.1. The smallest absolute Gasteiger partial charge is 0.360 e. The molecule has 124 valence electrons.